The number of imidazole rings is 1. The van der Waals surface area contributed by atoms with Crippen molar-refractivity contribution in [2.75, 3.05) is 0 Å². The number of hydrogen-bond donors (Lipinski definition) is 0. The number of ketones is 1. The summed E-state index contributed by atoms with van der Waals surface area (Å²) in [6.45, 7) is 2.98. The predicted molar refractivity (Wildman–Crippen MR) is 67.8 cm³/mol. The highest BCUT2D eigenvalue weighted by molar-refractivity contribution is 5.80. The van der Waals surface area contributed by atoms with Crippen molar-refractivity contribution in [1.82, 2.24) is 9.55 Å². The van der Waals surface area contributed by atoms with Crippen molar-refractivity contribution < 1.29 is 4.79 Å². The highest BCUT2D eigenvalue weighted by atomic mass is 16.1. The van der Waals surface area contributed by atoms with E-state index in [1.165, 1.54) is 32.1 Å². The van der Waals surface area contributed by atoms with Gasteiger partial charge >= 0.3 is 0 Å². The molecule has 1 aliphatic rings. The van der Waals surface area contributed by atoms with Crippen LogP contribution in [0.2, 0.25) is 0 Å². The van der Waals surface area contributed by atoms with Gasteiger partial charge in [-0.3, -0.25) is 4.79 Å². The van der Waals surface area contributed by atoms with E-state index in [4.69, 9.17) is 0 Å². The van der Waals surface area contributed by atoms with Crippen molar-refractivity contribution in [3.8, 4) is 0 Å². The third-order valence-electron chi connectivity index (χ3n) is 3.74. The molecule has 1 heterocycles. The minimum absolute atomic E-state index is 0.359. The van der Waals surface area contributed by atoms with Crippen molar-refractivity contribution in [3.05, 3.63) is 18.2 Å². The molecule has 94 valence electrons. The molecule has 0 aliphatic heterocycles. The first-order chi connectivity index (χ1) is 8.29. The average molecular weight is 234 g/mol. The molecule has 0 bridgehead atoms. The summed E-state index contributed by atoms with van der Waals surface area (Å²) >= 11 is 0. The zero-order valence-corrected chi connectivity index (χ0v) is 10.7. The summed E-state index contributed by atoms with van der Waals surface area (Å²) in [7, 11) is 0. The molecular weight excluding hydrogens is 212 g/mol. The Balaban J connectivity index is 1.84. The molecule has 17 heavy (non-hydrogen) atoms. The third-order valence-corrected chi connectivity index (χ3v) is 3.74. The smallest absolute Gasteiger partial charge is 0.140 e. The minimum Gasteiger partial charge on any atom is -0.335 e. The third kappa shape index (κ3) is 3.42. The van der Waals surface area contributed by atoms with Gasteiger partial charge in [0.15, 0.2) is 0 Å². The van der Waals surface area contributed by atoms with Crippen LogP contribution in [0, 0.1) is 5.92 Å². The number of aryl methyl sites for hydroxylation is 1. The van der Waals surface area contributed by atoms with Crippen LogP contribution in [0.15, 0.2) is 12.4 Å². The first kappa shape index (κ1) is 12.3. The Morgan fingerprint density at radius 2 is 2.18 bits per heavy atom. The largest absolute Gasteiger partial charge is 0.335 e. The molecule has 3 nitrogen and oxygen atoms in total. The fourth-order valence-electron chi connectivity index (χ4n) is 2.76. The van der Waals surface area contributed by atoms with E-state index < -0.39 is 0 Å². The van der Waals surface area contributed by atoms with Crippen LogP contribution in [0.5, 0.6) is 0 Å². The lowest BCUT2D eigenvalue weighted by Crippen LogP contribution is -2.15. The molecule has 0 radical (unpaired) electrons. The topological polar surface area (TPSA) is 34.9 Å². The second-order valence-corrected chi connectivity index (χ2v) is 5.05. The molecule has 1 saturated carbocycles. The van der Waals surface area contributed by atoms with Crippen LogP contribution in [-0.4, -0.2) is 15.3 Å². The van der Waals surface area contributed by atoms with Crippen LogP contribution in [0.3, 0.4) is 0 Å². The number of rotatable bonds is 5. The molecule has 1 aliphatic carbocycles. The van der Waals surface area contributed by atoms with Crippen LogP contribution >= 0.6 is 0 Å². The lowest BCUT2D eigenvalue weighted by atomic mass is 9.85. The normalized spacial score (nSPS) is 17.2. The number of aromatic nitrogens is 2. The van der Waals surface area contributed by atoms with Crippen molar-refractivity contribution in [1.29, 1.82) is 0 Å². The average Bonchev–Trinajstić information content (AvgIpc) is 2.77. The zero-order valence-electron chi connectivity index (χ0n) is 10.7. The highest BCUT2D eigenvalue weighted by Gasteiger charge is 2.18. The maximum Gasteiger partial charge on any atom is 0.140 e. The summed E-state index contributed by atoms with van der Waals surface area (Å²) in [5, 5.41) is 0. The van der Waals surface area contributed by atoms with Crippen LogP contribution in [-0.2, 0) is 17.8 Å². The van der Waals surface area contributed by atoms with Crippen molar-refractivity contribution in [3.63, 3.8) is 0 Å². The molecule has 0 atom stereocenters. The van der Waals surface area contributed by atoms with E-state index in [-0.39, 0.29) is 0 Å². The Hall–Kier alpha value is -1.12. The molecule has 1 fully saturated rings. The maximum absolute atomic E-state index is 12.0. The van der Waals surface area contributed by atoms with Gasteiger partial charge in [-0.25, -0.2) is 4.98 Å². The summed E-state index contributed by atoms with van der Waals surface area (Å²) in [4.78, 5) is 16.3. The van der Waals surface area contributed by atoms with E-state index >= 15 is 0 Å². The van der Waals surface area contributed by atoms with Gasteiger partial charge in [0.1, 0.15) is 11.6 Å². The van der Waals surface area contributed by atoms with Gasteiger partial charge in [-0.15, -0.1) is 0 Å². The predicted octanol–water partition coefficient (Wildman–Crippen LogP) is 2.99. The van der Waals surface area contributed by atoms with Crippen LogP contribution in [0.4, 0.5) is 0 Å². The molecule has 1 aromatic heterocycles. The fraction of sp³-hybridized carbons (Fsp3) is 0.714. The van der Waals surface area contributed by atoms with Crippen molar-refractivity contribution in [2.45, 2.75) is 58.4 Å². The Kier molecular flexibility index (Phi) is 4.35. The Morgan fingerprint density at radius 1 is 1.41 bits per heavy atom. The van der Waals surface area contributed by atoms with E-state index in [0.29, 0.717) is 18.1 Å². The van der Waals surface area contributed by atoms with Crippen LogP contribution in [0.1, 0.15) is 51.3 Å². The second-order valence-electron chi connectivity index (χ2n) is 5.05. The zero-order chi connectivity index (χ0) is 12.1. The first-order valence-corrected chi connectivity index (χ1v) is 6.81. The summed E-state index contributed by atoms with van der Waals surface area (Å²) in [6.07, 6.45) is 11.5. The number of Topliss-reactive ketones (excluding diaryl/α,β-unsaturated/α-hetero) is 1. The van der Waals surface area contributed by atoms with Gasteiger partial charge in [-0.2, -0.15) is 0 Å². The van der Waals surface area contributed by atoms with E-state index in [0.717, 1.165) is 18.8 Å². The van der Waals surface area contributed by atoms with E-state index in [9.17, 15) is 4.79 Å². The minimum atomic E-state index is 0.359. The van der Waals surface area contributed by atoms with Crippen molar-refractivity contribution >= 4 is 5.78 Å². The summed E-state index contributed by atoms with van der Waals surface area (Å²) < 4.78 is 2.05. The number of nitrogens with zero attached hydrogens (tertiary/aromatic N) is 2. The van der Waals surface area contributed by atoms with Gasteiger partial charge in [-0.1, -0.05) is 32.1 Å². The molecule has 0 unspecified atom stereocenters. The molecule has 0 saturated heterocycles. The molecular formula is C14H22N2O. The maximum atomic E-state index is 12.0. The van der Waals surface area contributed by atoms with Gasteiger partial charge in [0.25, 0.3) is 0 Å². The van der Waals surface area contributed by atoms with E-state index in [1.54, 1.807) is 6.20 Å². The summed E-state index contributed by atoms with van der Waals surface area (Å²) in [6, 6.07) is 0. The molecule has 0 spiro atoms. The van der Waals surface area contributed by atoms with Gasteiger partial charge in [0, 0.05) is 25.4 Å². The summed E-state index contributed by atoms with van der Waals surface area (Å²) in [5.41, 5.74) is 0. The van der Waals surface area contributed by atoms with Crippen LogP contribution < -0.4 is 0 Å². The number of carbonyl (C=O) groups is 1. The molecule has 3 heteroatoms. The molecule has 0 N–H and O–H groups in total. The lowest BCUT2D eigenvalue weighted by molar-refractivity contribution is -0.119. The Labute approximate surface area is 103 Å². The Bertz CT molecular complexity index is 364. The van der Waals surface area contributed by atoms with Gasteiger partial charge in [0.05, 0.1) is 6.42 Å². The quantitative estimate of drug-likeness (QED) is 0.785. The van der Waals surface area contributed by atoms with Gasteiger partial charge in [0.2, 0.25) is 0 Å². The molecule has 2 rings (SSSR count). The fourth-order valence-corrected chi connectivity index (χ4v) is 2.76. The van der Waals surface area contributed by atoms with E-state index in [1.807, 2.05) is 6.20 Å². The van der Waals surface area contributed by atoms with Crippen molar-refractivity contribution in [2.24, 2.45) is 5.92 Å². The number of hydrogen-bond acceptors (Lipinski definition) is 2. The van der Waals surface area contributed by atoms with Gasteiger partial charge < -0.3 is 4.57 Å². The second kappa shape index (κ2) is 5.99. The molecule has 0 amide bonds. The van der Waals surface area contributed by atoms with Crippen LogP contribution in [0.25, 0.3) is 0 Å². The standard InChI is InChI=1S/C14H22N2O/c1-2-16-9-8-15-14(16)11-13(17)10-12-6-4-3-5-7-12/h8-9,12H,2-7,10-11H2,1H3. The number of carbonyl (C=O) groups excluding carboxylic acids is 1. The molecule has 0 aromatic carbocycles. The lowest BCUT2D eigenvalue weighted by Gasteiger charge is -2.20. The molecule has 1 aromatic rings. The summed E-state index contributed by atoms with van der Waals surface area (Å²) in [5.74, 6) is 1.92. The highest BCUT2D eigenvalue weighted by Crippen LogP contribution is 2.26. The Morgan fingerprint density at radius 3 is 2.88 bits per heavy atom. The van der Waals surface area contributed by atoms with E-state index in [2.05, 4.69) is 16.5 Å². The first-order valence-electron chi connectivity index (χ1n) is 6.81. The monoisotopic (exact) mass is 234 g/mol. The SMILES string of the molecule is CCn1ccnc1CC(=O)CC1CCCCC1. The van der Waals surface area contributed by atoms with Gasteiger partial charge in [-0.05, 0) is 12.8 Å².